The molecule has 1 aromatic carbocycles. The molecule has 0 amide bonds. The SMILES string of the molecule is CCC(CC)(CNC(=NC)N1CCOC(c2cnn(C)c2)C1)c1ccc(Cl)cc1. The number of guanidine groups is 1. The van der Waals surface area contributed by atoms with Crippen molar-refractivity contribution in [3.05, 3.63) is 52.8 Å². The first-order valence-corrected chi connectivity index (χ1v) is 10.7. The standard InChI is InChI=1S/C22H32ClN5O/c1-5-22(6-2,18-7-9-19(23)10-8-18)16-25-21(24-3)28-11-12-29-20(15-28)17-13-26-27(4)14-17/h7-10,13-14,20H,5-6,11-12,15-16H2,1-4H3,(H,24,25). The van der Waals surface area contributed by atoms with E-state index < -0.39 is 0 Å². The minimum atomic E-state index is 0.00868. The summed E-state index contributed by atoms with van der Waals surface area (Å²) in [6.45, 7) is 7.57. The number of nitrogens with zero attached hydrogens (tertiary/aromatic N) is 4. The van der Waals surface area contributed by atoms with Gasteiger partial charge in [0.05, 0.1) is 19.3 Å². The monoisotopic (exact) mass is 417 g/mol. The number of aromatic nitrogens is 2. The van der Waals surface area contributed by atoms with Gasteiger partial charge in [-0.15, -0.1) is 0 Å². The summed E-state index contributed by atoms with van der Waals surface area (Å²) in [5, 5.41) is 8.69. The van der Waals surface area contributed by atoms with Gasteiger partial charge in [0, 0.05) is 49.4 Å². The summed E-state index contributed by atoms with van der Waals surface area (Å²) >= 11 is 6.11. The maximum absolute atomic E-state index is 6.11. The molecule has 0 radical (unpaired) electrons. The number of nitrogens with one attached hydrogen (secondary N) is 1. The van der Waals surface area contributed by atoms with Crippen LogP contribution in [-0.4, -0.2) is 53.9 Å². The molecule has 1 fully saturated rings. The molecule has 0 aliphatic carbocycles. The zero-order valence-corrected chi connectivity index (χ0v) is 18.6. The van der Waals surface area contributed by atoms with Gasteiger partial charge in [0.15, 0.2) is 5.96 Å². The van der Waals surface area contributed by atoms with Gasteiger partial charge >= 0.3 is 0 Å². The molecule has 1 unspecified atom stereocenters. The highest BCUT2D eigenvalue weighted by atomic mass is 35.5. The molecule has 6 nitrogen and oxygen atoms in total. The highest BCUT2D eigenvalue weighted by molar-refractivity contribution is 6.30. The van der Waals surface area contributed by atoms with Crippen molar-refractivity contribution in [2.75, 3.05) is 33.3 Å². The molecule has 0 bridgehead atoms. The summed E-state index contributed by atoms with van der Waals surface area (Å²) in [4.78, 5) is 6.84. The van der Waals surface area contributed by atoms with E-state index in [0.717, 1.165) is 49.0 Å². The van der Waals surface area contributed by atoms with E-state index in [4.69, 9.17) is 16.3 Å². The molecular weight excluding hydrogens is 386 g/mol. The average molecular weight is 418 g/mol. The topological polar surface area (TPSA) is 54.7 Å². The third-order valence-electron chi connectivity index (χ3n) is 6.07. The predicted octanol–water partition coefficient (Wildman–Crippen LogP) is 3.78. The molecule has 1 N–H and O–H groups in total. The lowest BCUT2D eigenvalue weighted by atomic mass is 9.76. The Labute approximate surface area is 178 Å². The molecule has 1 atom stereocenters. The second-order valence-electron chi connectivity index (χ2n) is 7.65. The summed E-state index contributed by atoms with van der Waals surface area (Å²) in [5.41, 5.74) is 2.45. The molecule has 2 aromatic rings. The predicted molar refractivity (Wildman–Crippen MR) is 119 cm³/mol. The molecule has 0 spiro atoms. The van der Waals surface area contributed by atoms with Crippen molar-refractivity contribution in [2.45, 2.75) is 38.2 Å². The Balaban J connectivity index is 1.70. The lowest BCUT2D eigenvalue weighted by Crippen LogP contribution is -2.51. The van der Waals surface area contributed by atoms with Gasteiger partial charge in [0.1, 0.15) is 6.10 Å². The van der Waals surface area contributed by atoms with Crippen LogP contribution in [0.25, 0.3) is 0 Å². The van der Waals surface area contributed by atoms with Crippen LogP contribution in [0.5, 0.6) is 0 Å². The van der Waals surface area contributed by atoms with Crippen molar-refractivity contribution in [3.63, 3.8) is 0 Å². The van der Waals surface area contributed by atoms with Crippen LogP contribution in [0.2, 0.25) is 5.02 Å². The fourth-order valence-electron chi connectivity index (χ4n) is 4.04. The molecule has 1 aliphatic heterocycles. The first kappa shape index (κ1) is 21.7. The molecule has 3 rings (SSSR count). The Morgan fingerprint density at radius 3 is 2.62 bits per heavy atom. The molecule has 29 heavy (non-hydrogen) atoms. The number of hydrogen-bond donors (Lipinski definition) is 1. The zero-order valence-electron chi connectivity index (χ0n) is 17.9. The number of halogens is 1. The first-order valence-electron chi connectivity index (χ1n) is 10.3. The van der Waals surface area contributed by atoms with Gasteiger partial charge < -0.3 is 15.0 Å². The summed E-state index contributed by atoms with van der Waals surface area (Å²) in [7, 11) is 3.77. The number of aryl methyl sites for hydroxylation is 1. The van der Waals surface area contributed by atoms with E-state index in [0.29, 0.717) is 6.61 Å². The highest BCUT2D eigenvalue weighted by Gasteiger charge is 2.30. The molecule has 158 valence electrons. The Kier molecular flexibility index (Phi) is 7.19. The number of hydrogen-bond acceptors (Lipinski definition) is 3. The molecule has 2 heterocycles. The number of benzene rings is 1. The second-order valence-corrected chi connectivity index (χ2v) is 8.08. The van der Waals surface area contributed by atoms with Crippen molar-refractivity contribution >= 4 is 17.6 Å². The Morgan fingerprint density at radius 2 is 2.03 bits per heavy atom. The Morgan fingerprint density at radius 1 is 1.31 bits per heavy atom. The summed E-state index contributed by atoms with van der Waals surface area (Å²) in [6.07, 6.45) is 5.98. The lowest BCUT2D eigenvalue weighted by Gasteiger charge is -2.38. The summed E-state index contributed by atoms with van der Waals surface area (Å²) < 4.78 is 7.79. The van der Waals surface area contributed by atoms with Crippen LogP contribution in [0.15, 0.2) is 41.7 Å². The summed E-state index contributed by atoms with van der Waals surface area (Å²) in [5.74, 6) is 0.919. The van der Waals surface area contributed by atoms with Crippen molar-refractivity contribution < 1.29 is 4.74 Å². The molecule has 1 aliphatic rings. The lowest BCUT2D eigenvalue weighted by molar-refractivity contribution is -0.00812. The third-order valence-corrected chi connectivity index (χ3v) is 6.32. The fourth-order valence-corrected chi connectivity index (χ4v) is 4.17. The van der Waals surface area contributed by atoms with Gasteiger partial charge in [-0.2, -0.15) is 5.10 Å². The average Bonchev–Trinajstić information content (AvgIpc) is 3.19. The molecule has 1 aromatic heterocycles. The molecule has 1 saturated heterocycles. The summed E-state index contributed by atoms with van der Waals surface area (Å²) in [6, 6.07) is 8.25. The van der Waals surface area contributed by atoms with Crippen LogP contribution in [0.4, 0.5) is 0 Å². The smallest absolute Gasteiger partial charge is 0.193 e. The minimum absolute atomic E-state index is 0.00868. The van der Waals surface area contributed by atoms with Crippen LogP contribution in [0.1, 0.15) is 43.9 Å². The van der Waals surface area contributed by atoms with Crippen molar-refractivity contribution in [1.29, 1.82) is 0 Å². The number of ether oxygens (including phenoxy) is 1. The maximum Gasteiger partial charge on any atom is 0.193 e. The molecule has 0 saturated carbocycles. The van der Waals surface area contributed by atoms with E-state index in [1.165, 1.54) is 5.56 Å². The molecular formula is C22H32ClN5O. The van der Waals surface area contributed by atoms with Crippen molar-refractivity contribution in [1.82, 2.24) is 20.0 Å². The van der Waals surface area contributed by atoms with Gasteiger partial charge in [0.25, 0.3) is 0 Å². The van der Waals surface area contributed by atoms with Crippen LogP contribution in [-0.2, 0) is 17.2 Å². The van der Waals surface area contributed by atoms with E-state index >= 15 is 0 Å². The maximum atomic E-state index is 6.11. The Bertz CT molecular complexity index is 813. The number of morpholine rings is 1. The van der Waals surface area contributed by atoms with Crippen LogP contribution < -0.4 is 5.32 Å². The van der Waals surface area contributed by atoms with E-state index in [1.54, 1.807) is 0 Å². The third kappa shape index (κ3) is 4.93. The van der Waals surface area contributed by atoms with Gasteiger partial charge in [0.2, 0.25) is 0 Å². The van der Waals surface area contributed by atoms with Gasteiger partial charge in [-0.25, -0.2) is 0 Å². The van der Waals surface area contributed by atoms with Crippen molar-refractivity contribution in [2.24, 2.45) is 12.0 Å². The normalized spacial score (nSPS) is 18.2. The highest BCUT2D eigenvalue weighted by Crippen LogP contribution is 2.32. The van der Waals surface area contributed by atoms with Crippen molar-refractivity contribution in [3.8, 4) is 0 Å². The number of aliphatic imine (C=N–C) groups is 1. The first-order chi connectivity index (χ1) is 14.0. The fraction of sp³-hybridized carbons (Fsp3) is 0.545. The van der Waals surface area contributed by atoms with Crippen LogP contribution in [0.3, 0.4) is 0 Å². The second kappa shape index (κ2) is 9.63. The number of rotatable bonds is 6. The van der Waals surface area contributed by atoms with Crippen LogP contribution in [0, 0.1) is 0 Å². The zero-order chi connectivity index (χ0) is 20.9. The van der Waals surface area contributed by atoms with E-state index in [2.05, 4.69) is 46.3 Å². The van der Waals surface area contributed by atoms with E-state index in [-0.39, 0.29) is 11.5 Å². The van der Waals surface area contributed by atoms with Crippen LogP contribution >= 0.6 is 11.6 Å². The molecule has 7 heteroatoms. The largest absolute Gasteiger partial charge is 0.370 e. The quantitative estimate of drug-likeness (QED) is 0.574. The van der Waals surface area contributed by atoms with Gasteiger partial charge in [-0.05, 0) is 30.5 Å². The van der Waals surface area contributed by atoms with E-state index in [1.807, 2.05) is 43.3 Å². The van der Waals surface area contributed by atoms with Gasteiger partial charge in [-0.3, -0.25) is 9.67 Å². The van der Waals surface area contributed by atoms with E-state index in [9.17, 15) is 0 Å². The van der Waals surface area contributed by atoms with Gasteiger partial charge in [-0.1, -0.05) is 37.6 Å². The minimum Gasteiger partial charge on any atom is -0.370 e. The Hall–Kier alpha value is -2.05.